The van der Waals surface area contributed by atoms with E-state index < -0.39 is 10.8 Å². The van der Waals surface area contributed by atoms with Crippen molar-refractivity contribution in [3.63, 3.8) is 0 Å². The molecule has 0 saturated heterocycles. The van der Waals surface area contributed by atoms with E-state index in [0.29, 0.717) is 0 Å². The van der Waals surface area contributed by atoms with Gasteiger partial charge in [-0.2, -0.15) is 0 Å². The predicted octanol–water partition coefficient (Wildman–Crippen LogP) is 2.67. The molecule has 0 saturated carbocycles. The van der Waals surface area contributed by atoms with Gasteiger partial charge in [0.15, 0.2) is 0 Å². The summed E-state index contributed by atoms with van der Waals surface area (Å²) >= 11 is 0. The zero-order valence-electron chi connectivity index (χ0n) is 11.2. The van der Waals surface area contributed by atoms with Gasteiger partial charge in [-0.3, -0.25) is 4.21 Å². The number of aryl methyl sites for hydroxylation is 2. The molecule has 1 N–H and O–H groups in total. The molecule has 1 aromatic carbocycles. The topological polar surface area (TPSA) is 29.1 Å². The first-order valence-corrected chi connectivity index (χ1v) is 8.34. The Bertz CT molecular complexity index is 417. The van der Waals surface area contributed by atoms with Crippen molar-refractivity contribution in [3.8, 4) is 0 Å². The largest absolute Gasteiger partial charge is 0.317 e. The molecule has 3 heteroatoms. The molecular formula is C15H23NOS. The van der Waals surface area contributed by atoms with E-state index >= 15 is 0 Å². The van der Waals surface area contributed by atoms with E-state index in [9.17, 15) is 4.21 Å². The maximum Gasteiger partial charge on any atom is 0.0530 e. The Labute approximate surface area is 113 Å². The summed E-state index contributed by atoms with van der Waals surface area (Å²) in [7, 11) is -0.821. The van der Waals surface area contributed by atoms with Gasteiger partial charge in [0.2, 0.25) is 0 Å². The highest BCUT2D eigenvalue weighted by atomic mass is 32.2. The van der Waals surface area contributed by atoms with Gasteiger partial charge in [0, 0.05) is 10.6 Å². The zero-order chi connectivity index (χ0) is 12.8. The van der Waals surface area contributed by atoms with E-state index in [-0.39, 0.29) is 0 Å². The van der Waals surface area contributed by atoms with Crippen molar-refractivity contribution in [2.75, 3.05) is 18.8 Å². The first-order valence-electron chi connectivity index (χ1n) is 7.02. The molecule has 1 aromatic rings. The van der Waals surface area contributed by atoms with Gasteiger partial charge in [0.1, 0.15) is 0 Å². The minimum atomic E-state index is -0.821. The highest BCUT2D eigenvalue weighted by Crippen LogP contribution is 2.24. The van der Waals surface area contributed by atoms with Crippen LogP contribution >= 0.6 is 0 Å². The second-order valence-electron chi connectivity index (χ2n) is 4.94. The summed E-state index contributed by atoms with van der Waals surface area (Å²) in [6, 6.07) is 6.39. The Morgan fingerprint density at radius 3 is 2.89 bits per heavy atom. The van der Waals surface area contributed by atoms with Gasteiger partial charge >= 0.3 is 0 Å². The summed E-state index contributed by atoms with van der Waals surface area (Å²) in [5.74, 6) is 0.773. The molecule has 1 atom stereocenters. The summed E-state index contributed by atoms with van der Waals surface area (Å²) < 4.78 is 12.2. The molecule has 0 bridgehead atoms. The fourth-order valence-corrected chi connectivity index (χ4v) is 3.57. The number of hydrogen-bond acceptors (Lipinski definition) is 2. The molecule has 2 nitrogen and oxygen atoms in total. The third-order valence-electron chi connectivity index (χ3n) is 3.44. The minimum Gasteiger partial charge on any atom is -0.317 e. The molecule has 0 fully saturated rings. The summed E-state index contributed by atoms with van der Waals surface area (Å²) in [5, 5.41) is 3.35. The van der Waals surface area contributed by atoms with Crippen molar-refractivity contribution in [2.24, 2.45) is 0 Å². The lowest BCUT2D eigenvalue weighted by Gasteiger charge is -2.06. The SMILES string of the molecule is CCCNCCCS(=O)c1ccc2c(c1)CCC2. The number of nitrogens with one attached hydrogen (secondary N) is 1. The first kappa shape index (κ1) is 13.8. The Morgan fingerprint density at radius 2 is 2.06 bits per heavy atom. The summed E-state index contributed by atoms with van der Waals surface area (Å²) in [4.78, 5) is 1.02. The van der Waals surface area contributed by atoms with Crippen LogP contribution in [0.25, 0.3) is 0 Å². The molecular weight excluding hydrogens is 242 g/mol. The van der Waals surface area contributed by atoms with Gasteiger partial charge in [-0.15, -0.1) is 0 Å². The third kappa shape index (κ3) is 3.66. The minimum absolute atomic E-state index is 0.773. The smallest absolute Gasteiger partial charge is 0.0530 e. The van der Waals surface area contributed by atoms with Gasteiger partial charge in [0.05, 0.1) is 10.8 Å². The van der Waals surface area contributed by atoms with Crippen LogP contribution in [0.4, 0.5) is 0 Å². The zero-order valence-corrected chi connectivity index (χ0v) is 12.0. The van der Waals surface area contributed by atoms with Crippen LogP contribution in [-0.4, -0.2) is 23.1 Å². The number of benzene rings is 1. The molecule has 0 aliphatic heterocycles. The molecule has 1 aliphatic rings. The van der Waals surface area contributed by atoms with Crippen LogP contribution < -0.4 is 5.32 Å². The average Bonchev–Trinajstić information content (AvgIpc) is 2.85. The van der Waals surface area contributed by atoms with Crippen LogP contribution in [0.3, 0.4) is 0 Å². The maximum atomic E-state index is 12.2. The first-order chi connectivity index (χ1) is 8.81. The molecule has 2 rings (SSSR count). The molecule has 0 amide bonds. The van der Waals surface area contributed by atoms with Gasteiger partial charge in [-0.25, -0.2) is 0 Å². The Morgan fingerprint density at radius 1 is 1.22 bits per heavy atom. The van der Waals surface area contributed by atoms with Crippen molar-refractivity contribution in [1.29, 1.82) is 0 Å². The molecule has 0 aromatic heterocycles. The monoisotopic (exact) mass is 265 g/mol. The van der Waals surface area contributed by atoms with Crippen LogP contribution in [0.5, 0.6) is 0 Å². The number of hydrogen-bond donors (Lipinski definition) is 1. The maximum absolute atomic E-state index is 12.2. The van der Waals surface area contributed by atoms with Crippen molar-refractivity contribution < 1.29 is 4.21 Å². The molecule has 0 heterocycles. The summed E-state index contributed by atoms with van der Waals surface area (Å²) in [6.45, 7) is 4.20. The Balaban J connectivity index is 1.82. The summed E-state index contributed by atoms with van der Waals surface area (Å²) in [5.41, 5.74) is 2.88. The van der Waals surface area contributed by atoms with Crippen LogP contribution in [0, 0.1) is 0 Å². The molecule has 100 valence electrons. The highest BCUT2D eigenvalue weighted by molar-refractivity contribution is 7.85. The van der Waals surface area contributed by atoms with Gasteiger partial charge < -0.3 is 5.32 Å². The highest BCUT2D eigenvalue weighted by Gasteiger charge is 2.12. The number of fused-ring (bicyclic) bond motifs is 1. The standard InChI is InChI=1S/C15H23NOS/c1-2-9-16-10-4-11-18(17)15-8-7-13-5-3-6-14(13)12-15/h7-8,12,16H,2-6,9-11H2,1H3. The van der Waals surface area contributed by atoms with Gasteiger partial charge in [-0.1, -0.05) is 13.0 Å². The van der Waals surface area contributed by atoms with E-state index in [2.05, 4.69) is 30.4 Å². The summed E-state index contributed by atoms with van der Waals surface area (Å²) in [6.07, 6.45) is 5.77. The van der Waals surface area contributed by atoms with E-state index in [1.807, 2.05) is 0 Å². The van der Waals surface area contributed by atoms with Crippen molar-refractivity contribution in [1.82, 2.24) is 5.32 Å². The van der Waals surface area contributed by atoms with Crippen molar-refractivity contribution >= 4 is 10.8 Å². The quantitative estimate of drug-likeness (QED) is 0.768. The van der Waals surface area contributed by atoms with Gasteiger partial charge in [0.25, 0.3) is 0 Å². The molecule has 1 aliphatic carbocycles. The molecule has 1 unspecified atom stereocenters. The fourth-order valence-electron chi connectivity index (χ4n) is 2.44. The fraction of sp³-hybridized carbons (Fsp3) is 0.600. The molecule has 0 radical (unpaired) electrons. The van der Waals surface area contributed by atoms with Gasteiger partial charge in [-0.05, 0) is 68.5 Å². The normalized spacial score (nSPS) is 15.6. The van der Waals surface area contributed by atoms with Crippen LogP contribution in [0.1, 0.15) is 37.3 Å². The van der Waals surface area contributed by atoms with Crippen LogP contribution in [-0.2, 0) is 23.6 Å². The predicted molar refractivity (Wildman–Crippen MR) is 77.5 cm³/mol. The van der Waals surface area contributed by atoms with Crippen LogP contribution in [0.15, 0.2) is 23.1 Å². The number of rotatable bonds is 7. The Kier molecular flexibility index (Phi) is 5.39. The molecule has 18 heavy (non-hydrogen) atoms. The van der Waals surface area contributed by atoms with Crippen LogP contribution in [0.2, 0.25) is 0 Å². The third-order valence-corrected chi connectivity index (χ3v) is 4.88. The average molecular weight is 265 g/mol. The lowest BCUT2D eigenvalue weighted by molar-refractivity contribution is 0.652. The lowest BCUT2D eigenvalue weighted by Crippen LogP contribution is -2.17. The van der Waals surface area contributed by atoms with E-state index in [1.165, 1.54) is 30.4 Å². The lowest BCUT2D eigenvalue weighted by atomic mass is 10.1. The molecule has 0 spiro atoms. The second-order valence-corrected chi connectivity index (χ2v) is 6.51. The van der Waals surface area contributed by atoms with Crippen molar-refractivity contribution in [3.05, 3.63) is 29.3 Å². The van der Waals surface area contributed by atoms with E-state index in [0.717, 1.165) is 36.6 Å². The second kappa shape index (κ2) is 7.05. The van der Waals surface area contributed by atoms with E-state index in [4.69, 9.17) is 0 Å². The Hall–Kier alpha value is -0.670. The van der Waals surface area contributed by atoms with Crippen molar-refractivity contribution in [2.45, 2.75) is 43.9 Å². The van der Waals surface area contributed by atoms with E-state index in [1.54, 1.807) is 0 Å².